The zero-order valence-corrected chi connectivity index (χ0v) is 15.0. The van der Waals surface area contributed by atoms with Gasteiger partial charge in [-0.25, -0.2) is 0 Å². The number of fused-ring (bicyclic) bond motifs is 1. The maximum atomic E-state index is 10.9. The van der Waals surface area contributed by atoms with Crippen molar-refractivity contribution in [1.82, 2.24) is 0 Å². The Kier molecular flexibility index (Phi) is 5.09. The Morgan fingerprint density at radius 2 is 2.09 bits per heavy atom. The van der Waals surface area contributed by atoms with Crippen LogP contribution in [0.5, 0.6) is 0 Å². The minimum absolute atomic E-state index is 0.279. The van der Waals surface area contributed by atoms with Gasteiger partial charge in [-0.2, -0.15) is 0 Å². The fourth-order valence-corrected chi connectivity index (χ4v) is 5.35. The first kappa shape index (κ1) is 17.6. The van der Waals surface area contributed by atoms with Gasteiger partial charge in [-0.05, 0) is 73.5 Å². The first-order valence-electron chi connectivity index (χ1n) is 9.10. The van der Waals surface area contributed by atoms with Crippen LogP contribution in [0, 0.1) is 28.6 Å². The Morgan fingerprint density at radius 1 is 1.41 bits per heavy atom. The topological polar surface area (TPSA) is 37.3 Å². The third kappa shape index (κ3) is 3.12. The monoisotopic (exact) mass is 306 g/mol. The number of allylic oxidation sites excluding steroid dienone is 1. The van der Waals surface area contributed by atoms with Crippen LogP contribution in [0.25, 0.3) is 0 Å². The number of carbonyl (C=O) groups is 1. The Morgan fingerprint density at radius 3 is 2.73 bits per heavy atom. The molecule has 0 aromatic carbocycles. The van der Waals surface area contributed by atoms with Crippen molar-refractivity contribution in [2.75, 3.05) is 0 Å². The lowest BCUT2D eigenvalue weighted by molar-refractivity contribution is -0.138. The molecule has 2 saturated carbocycles. The molecule has 0 amide bonds. The second-order valence-electron chi connectivity index (χ2n) is 8.65. The number of carboxylic acids is 1. The van der Waals surface area contributed by atoms with Crippen molar-refractivity contribution in [1.29, 1.82) is 0 Å². The number of hydrogen-bond acceptors (Lipinski definition) is 1. The van der Waals surface area contributed by atoms with E-state index in [-0.39, 0.29) is 5.92 Å². The van der Waals surface area contributed by atoms with Gasteiger partial charge in [0.2, 0.25) is 0 Å². The highest BCUT2D eigenvalue weighted by Crippen LogP contribution is 2.62. The summed E-state index contributed by atoms with van der Waals surface area (Å²) in [7, 11) is 0. The van der Waals surface area contributed by atoms with Gasteiger partial charge in [0.25, 0.3) is 0 Å². The van der Waals surface area contributed by atoms with E-state index in [9.17, 15) is 4.79 Å². The van der Waals surface area contributed by atoms with E-state index in [0.29, 0.717) is 17.3 Å². The molecular formula is C20H34O2. The van der Waals surface area contributed by atoms with E-state index in [1.165, 1.54) is 37.7 Å². The molecule has 0 aromatic heterocycles. The van der Waals surface area contributed by atoms with E-state index in [2.05, 4.69) is 34.3 Å². The van der Waals surface area contributed by atoms with Crippen LogP contribution in [0.3, 0.4) is 0 Å². The van der Waals surface area contributed by atoms with Crippen LogP contribution in [-0.4, -0.2) is 11.1 Å². The third-order valence-electron chi connectivity index (χ3n) is 7.27. The Balaban J connectivity index is 2.14. The maximum Gasteiger partial charge on any atom is 0.303 e. The van der Waals surface area contributed by atoms with E-state index >= 15 is 0 Å². The molecule has 2 heteroatoms. The number of aliphatic carboxylic acids is 1. The molecule has 0 heterocycles. The summed E-state index contributed by atoms with van der Waals surface area (Å²) in [5, 5.41) is 8.99. The van der Waals surface area contributed by atoms with Gasteiger partial charge in [0.15, 0.2) is 0 Å². The van der Waals surface area contributed by atoms with Crippen molar-refractivity contribution in [2.24, 2.45) is 28.6 Å². The van der Waals surface area contributed by atoms with Crippen molar-refractivity contribution < 1.29 is 9.90 Å². The van der Waals surface area contributed by atoms with Gasteiger partial charge in [0.05, 0.1) is 0 Å². The van der Waals surface area contributed by atoms with Crippen molar-refractivity contribution in [2.45, 2.75) is 79.1 Å². The fourth-order valence-electron chi connectivity index (χ4n) is 5.35. The van der Waals surface area contributed by atoms with E-state index in [1.807, 2.05) is 0 Å². The molecule has 0 spiro atoms. The summed E-state index contributed by atoms with van der Waals surface area (Å²) in [5.41, 5.74) is 2.12. The van der Waals surface area contributed by atoms with Crippen LogP contribution in [-0.2, 0) is 4.79 Å². The first-order chi connectivity index (χ1) is 10.2. The van der Waals surface area contributed by atoms with Crippen LogP contribution in [0.15, 0.2) is 12.2 Å². The molecule has 2 rings (SSSR count). The molecule has 0 radical (unpaired) electrons. The zero-order chi connectivity index (χ0) is 16.5. The highest BCUT2D eigenvalue weighted by atomic mass is 16.4. The molecule has 22 heavy (non-hydrogen) atoms. The van der Waals surface area contributed by atoms with Crippen molar-refractivity contribution in [3.8, 4) is 0 Å². The van der Waals surface area contributed by atoms with Gasteiger partial charge in [-0.3, -0.25) is 4.79 Å². The molecule has 1 N–H and O–H groups in total. The summed E-state index contributed by atoms with van der Waals surface area (Å²) in [4.78, 5) is 10.9. The third-order valence-corrected chi connectivity index (χ3v) is 7.27. The molecule has 0 aromatic rings. The minimum Gasteiger partial charge on any atom is -0.481 e. The van der Waals surface area contributed by atoms with Crippen LogP contribution in [0.1, 0.15) is 79.1 Å². The van der Waals surface area contributed by atoms with E-state index in [0.717, 1.165) is 24.7 Å². The molecular weight excluding hydrogens is 272 g/mol. The Bertz CT molecular complexity index is 441. The quantitative estimate of drug-likeness (QED) is 0.664. The summed E-state index contributed by atoms with van der Waals surface area (Å²) < 4.78 is 0. The molecule has 126 valence electrons. The van der Waals surface area contributed by atoms with Crippen LogP contribution in [0.2, 0.25) is 0 Å². The predicted molar refractivity (Wildman–Crippen MR) is 91.7 cm³/mol. The number of rotatable bonds is 5. The molecule has 2 aliphatic carbocycles. The molecule has 2 aliphatic rings. The Hall–Kier alpha value is -0.790. The molecule has 2 nitrogen and oxygen atoms in total. The number of carboxylic acid groups (broad SMARTS) is 1. The van der Waals surface area contributed by atoms with Crippen molar-refractivity contribution in [3.05, 3.63) is 12.2 Å². The fraction of sp³-hybridized carbons (Fsp3) is 0.850. The summed E-state index contributed by atoms with van der Waals surface area (Å²) in [6, 6.07) is 0. The smallest absolute Gasteiger partial charge is 0.303 e. The van der Waals surface area contributed by atoms with Crippen molar-refractivity contribution >= 4 is 5.97 Å². The van der Waals surface area contributed by atoms with Gasteiger partial charge >= 0.3 is 5.97 Å². The maximum absolute atomic E-state index is 10.9. The second kappa shape index (κ2) is 6.37. The van der Waals surface area contributed by atoms with Gasteiger partial charge < -0.3 is 5.11 Å². The summed E-state index contributed by atoms with van der Waals surface area (Å²) in [5.74, 6) is 1.07. The molecule has 0 aliphatic heterocycles. The summed E-state index contributed by atoms with van der Waals surface area (Å²) in [6.45, 7) is 13.8. The molecule has 5 atom stereocenters. The van der Waals surface area contributed by atoms with Crippen LogP contribution < -0.4 is 0 Å². The lowest BCUT2D eigenvalue weighted by Gasteiger charge is -2.59. The first-order valence-corrected chi connectivity index (χ1v) is 9.10. The SMILES string of the molecule is C=C1CCC[C@@H]2[C@@](C)(CC[C@H](C)CC(=O)O)[C@H](C)CC[C@@]12C. The van der Waals surface area contributed by atoms with Crippen LogP contribution in [0.4, 0.5) is 0 Å². The minimum atomic E-state index is -0.662. The standard InChI is InChI=1S/C20H34O2/c1-14(13-18(21)22)9-11-19(4)16(3)10-12-20(5)15(2)7-6-8-17(19)20/h14,16-17H,2,6-13H2,1,3-5H3,(H,21,22)/t14-,16+,17+,19-,20-/m0/s1. The lowest BCUT2D eigenvalue weighted by Crippen LogP contribution is -2.50. The molecule has 2 fully saturated rings. The normalized spacial score (nSPS) is 40.1. The number of hydrogen-bond donors (Lipinski definition) is 1. The lowest BCUT2D eigenvalue weighted by atomic mass is 9.46. The van der Waals surface area contributed by atoms with E-state index in [1.54, 1.807) is 0 Å². The summed E-state index contributed by atoms with van der Waals surface area (Å²) >= 11 is 0. The predicted octanol–water partition coefficient (Wildman–Crippen LogP) is 5.68. The van der Waals surface area contributed by atoms with Crippen LogP contribution >= 0.6 is 0 Å². The van der Waals surface area contributed by atoms with Gasteiger partial charge in [0.1, 0.15) is 0 Å². The van der Waals surface area contributed by atoms with Gasteiger partial charge in [-0.1, -0.05) is 39.8 Å². The van der Waals surface area contributed by atoms with Gasteiger partial charge in [0, 0.05) is 6.42 Å². The van der Waals surface area contributed by atoms with Crippen molar-refractivity contribution in [3.63, 3.8) is 0 Å². The highest BCUT2D eigenvalue weighted by molar-refractivity contribution is 5.66. The average molecular weight is 306 g/mol. The van der Waals surface area contributed by atoms with E-state index < -0.39 is 5.97 Å². The zero-order valence-electron chi connectivity index (χ0n) is 15.0. The van der Waals surface area contributed by atoms with E-state index in [4.69, 9.17) is 5.11 Å². The van der Waals surface area contributed by atoms with Gasteiger partial charge in [-0.15, -0.1) is 0 Å². The molecule has 0 unspecified atom stereocenters. The Labute approximate surface area is 136 Å². The molecule has 0 saturated heterocycles. The summed E-state index contributed by atoms with van der Waals surface area (Å²) in [6.07, 6.45) is 8.89. The largest absolute Gasteiger partial charge is 0.481 e. The second-order valence-corrected chi connectivity index (χ2v) is 8.65. The average Bonchev–Trinajstić information content (AvgIpc) is 2.43. The highest BCUT2D eigenvalue weighted by Gasteiger charge is 2.53. The molecule has 0 bridgehead atoms.